The molecule has 0 saturated carbocycles. The van der Waals surface area contributed by atoms with E-state index in [1.165, 1.54) is 23.3 Å². The van der Waals surface area contributed by atoms with Crippen molar-refractivity contribution in [1.29, 1.82) is 0 Å². The van der Waals surface area contributed by atoms with Crippen molar-refractivity contribution in [2.45, 2.75) is 31.5 Å². The van der Waals surface area contributed by atoms with Gasteiger partial charge in [-0.1, -0.05) is 36.9 Å². The highest BCUT2D eigenvalue weighted by atomic mass is 32.2. The summed E-state index contributed by atoms with van der Waals surface area (Å²) in [7, 11) is 1.75. The molecule has 1 unspecified atom stereocenters. The van der Waals surface area contributed by atoms with E-state index in [1.54, 1.807) is 19.2 Å². The van der Waals surface area contributed by atoms with Gasteiger partial charge in [-0.3, -0.25) is 0 Å². The minimum absolute atomic E-state index is 0.214. The number of hydrogen-bond acceptors (Lipinski definition) is 6. The molecule has 0 aromatic heterocycles. The number of nitrogens with one attached hydrogen (secondary N) is 2. The van der Waals surface area contributed by atoms with Crippen LogP contribution >= 0.6 is 0 Å². The fourth-order valence-corrected chi connectivity index (χ4v) is 6.37. The summed E-state index contributed by atoms with van der Waals surface area (Å²) in [5, 5.41) is 6.24. The van der Waals surface area contributed by atoms with Gasteiger partial charge in [-0.2, -0.15) is 0 Å². The van der Waals surface area contributed by atoms with Crippen molar-refractivity contribution < 1.29 is 13.7 Å². The molecule has 3 aliphatic heterocycles. The Kier molecular flexibility index (Phi) is 6.38. The molecule has 3 aliphatic rings. The second-order valence-corrected chi connectivity index (χ2v) is 10.3. The molecule has 3 heterocycles. The lowest BCUT2D eigenvalue weighted by Gasteiger charge is -2.40. The summed E-state index contributed by atoms with van der Waals surface area (Å²) < 4.78 is 32.8. The zero-order chi connectivity index (χ0) is 23.7. The van der Waals surface area contributed by atoms with Crippen LogP contribution in [-0.2, 0) is 28.1 Å². The van der Waals surface area contributed by atoms with Gasteiger partial charge < -0.3 is 24.8 Å². The normalized spacial score (nSPS) is 23.8. The number of benzene rings is 2. The molecular weight excluding hydrogens is 451 g/mol. The first-order valence-electron chi connectivity index (χ1n) is 11.6. The minimum Gasteiger partial charge on any atom is -0.611 e. The molecule has 1 spiro atoms. The zero-order valence-electron chi connectivity index (χ0n) is 19.3. The molecule has 2 fully saturated rings. The Morgan fingerprint density at radius 1 is 1.21 bits per heavy atom. The summed E-state index contributed by atoms with van der Waals surface area (Å²) >= 11 is -1.20. The molecule has 6 nitrogen and oxygen atoms in total. The summed E-state index contributed by atoms with van der Waals surface area (Å²) in [6.45, 7) is 6.49. The number of halogens is 1. The van der Waals surface area contributed by atoms with Crippen LogP contribution in [-0.4, -0.2) is 41.1 Å². The van der Waals surface area contributed by atoms with Crippen molar-refractivity contribution in [2.75, 3.05) is 31.2 Å². The first kappa shape index (κ1) is 23.0. The average Bonchev–Trinajstić information content (AvgIpc) is 3.39. The second-order valence-electron chi connectivity index (χ2n) is 8.79. The van der Waals surface area contributed by atoms with E-state index in [4.69, 9.17) is 9.73 Å². The highest BCUT2D eigenvalue weighted by Crippen LogP contribution is 2.44. The molecule has 8 heteroatoms. The van der Waals surface area contributed by atoms with Gasteiger partial charge in [-0.05, 0) is 53.3 Å². The first-order chi connectivity index (χ1) is 16.5. The number of hydrogen-bond donors (Lipinski definition) is 2. The maximum Gasteiger partial charge on any atom is 0.214 e. The fourth-order valence-electron chi connectivity index (χ4n) is 5.00. The Hall–Kier alpha value is -2.81. The largest absolute Gasteiger partial charge is 0.611 e. The van der Waals surface area contributed by atoms with Crippen LogP contribution in [0.25, 0.3) is 0 Å². The maximum atomic E-state index is 13.6. The van der Waals surface area contributed by atoms with E-state index in [1.807, 2.05) is 0 Å². The van der Waals surface area contributed by atoms with Crippen LogP contribution in [0.3, 0.4) is 0 Å². The van der Waals surface area contributed by atoms with E-state index in [0.29, 0.717) is 41.0 Å². The summed E-state index contributed by atoms with van der Waals surface area (Å²) in [6, 6.07) is 14.7. The van der Waals surface area contributed by atoms with Crippen LogP contribution in [0.15, 0.2) is 76.6 Å². The Balaban J connectivity index is 1.32. The van der Waals surface area contributed by atoms with E-state index in [0.717, 1.165) is 31.6 Å². The van der Waals surface area contributed by atoms with Crippen LogP contribution in [0.2, 0.25) is 0 Å². The lowest BCUT2D eigenvalue weighted by molar-refractivity contribution is -0.0744. The standard InChI is InChI=1S/C26H29FN4O2S/c1-18(31-13-11-26(12-14-31)22-9-4-3-6-19(22)17-33-26)29-23-10-15-34(32)24(23)25(28-2)30-21-8-5-7-20(27)16-21/h3-9,16,28,30H,1,10-15,17H2,2H3/b25-24-,29-23-. The minimum atomic E-state index is -1.20. The predicted molar refractivity (Wildman–Crippen MR) is 134 cm³/mol. The van der Waals surface area contributed by atoms with Gasteiger partial charge in [0.1, 0.15) is 23.1 Å². The third-order valence-electron chi connectivity index (χ3n) is 6.80. The number of ether oxygens (including phenoxy) is 1. The fraction of sp³-hybridized carbons (Fsp3) is 0.346. The Morgan fingerprint density at radius 3 is 2.76 bits per heavy atom. The molecule has 2 aromatic rings. The predicted octanol–water partition coefficient (Wildman–Crippen LogP) is 4.21. The molecule has 5 rings (SSSR count). The number of aliphatic imine (C=N–C) groups is 1. The highest BCUT2D eigenvalue weighted by molar-refractivity contribution is 7.96. The highest BCUT2D eigenvalue weighted by Gasteiger charge is 2.43. The number of fused-ring (bicyclic) bond motifs is 2. The molecule has 0 amide bonds. The third-order valence-corrected chi connectivity index (χ3v) is 8.27. The summed E-state index contributed by atoms with van der Waals surface area (Å²) in [5.41, 5.74) is 3.71. The van der Waals surface area contributed by atoms with Crippen molar-refractivity contribution in [3.8, 4) is 0 Å². The number of rotatable bonds is 5. The molecule has 34 heavy (non-hydrogen) atoms. The SMILES string of the molecule is C=C(/N=C1/CC[S+]([O-])/C1=C(/NC)Nc1cccc(F)c1)N1CCC2(CC1)OCc1ccccc12. The number of nitrogens with zero attached hydrogens (tertiary/aromatic N) is 2. The van der Waals surface area contributed by atoms with Crippen LogP contribution in [0.4, 0.5) is 10.1 Å². The Morgan fingerprint density at radius 2 is 2.00 bits per heavy atom. The average molecular weight is 481 g/mol. The van der Waals surface area contributed by atoms with Gasteiger partial charge in [0.15, 0.2) is 5.82 Å². The van der Waals surface area contributed by atoms with Crippen LogP contribution in [0.1, 0.15) is 30.4 Å². The smallest absolute Gasteiger partial charge is 0.214 e. The third kappa shape index (κ3) is 4.33. The number of allylic oxidation sites excluding steroid dienone is 1. The van der Waals surface area contributed by atoms with Gasteiger partial charge in [0.25, 0.3) is 0 Å². The summed E-state index contributed by atoms with van der Waals surface area (Å²) in [5.74, 6) is 1.41. The molecule has 2 aromatic carbocycles. The molecule has 178 valence electrons. The Bertz CT molecular complexity index is 1160. The van der Waals surface area contributed by atoms with Gasteiger partial charge >= 0.3 is 0 Å². The lowest BCUT2D eigenvalue weighted by atomic mass is 9.84. The summed E-state index contributed by atoms with van der Waals surface area (Å²) in [4.78, 5) is 7.62. The second kappa shape index (κ2) is 9.44. The maximum absolute atomic E-state index is 13.6. The molecule has 0 bridgehead atoms. The van der Waals surface area contributed by atoms with E-state index in [2.05, 4.69) is 46.4 Å². The molecule has 1 atom stereocenters. The van der Waals surface area contributed by atoms with Crippen LogP contribution in [0.5, 0.6) is 0 Å². The van der Waals surface area contributed by atoms with E-state index in [9.17, 15) is 8.94 Å². The number of likely N-dealkylation sites (tertiary alicyclic amines) is 1. The van der Waals surface area contributed by atoms with E-state index in [-0.39, 0.29) is 11.4 Å². The topological polar surface area (TPSA) is 72.0 Å². The van der Waals surface area contributed by atoms with Crippen molar-refractivity contribution in [2.24, 2.45) is 4.99 Å². The van der Waals surface area contributed by atoms with Crippen LogP contribution in [0, 0.1) is 5.82 Å². The lowest BCUT2D eigenvalue weighted by Crippen LogP contribution is -2.41. The van der Waals surface area contributed by atoms with Crippen LogP contribution < -0.4 is 10.6 Å². The zero-order valence-corrected chi connectivity index (χ0v) is 20.1. The van der Waals surface area contributed by atoms with E-state index >= 15 is 0 Å². The van der Waals surface area contributed by atoms with Crippen molar-refractivity contribution in [3.05, 3.63) is 88.6 Å². The Labute approximate surface area is 202 Å². The number of anilines is 1. The monoisotopic (exact) mass is 480 g/mol. The van der Waals surface area contributed by atoms with Gasteiger partial charge in [0.2, 0.25) is 4.91 Å². The molecule has 0 aliphatic carbocycles. The first-order valence-corrected chi connectivity index (χ1v) is 12.9. The molecule has 2 N–H and O–H groups in total. The number of piperidine rings is 1. The van der Waals surface area contributed by atoms with Gasteiger partial charge in [0.05, 0.1) is 12.2 Å². The molecule has 0 radical (unpaired) electrons. The summed E-state index contributed by atoms with van der Waals surface area (Å²) in [6.07, 6.45) is 2.36. The molecule has 2 saturated heterocycles. The quantitative estimate of drug-likeness (QED) is 0.628. The van der Waals surface area contributed by atoms with Crippen molar-refractivity contribution >= 4 is 22.6 Å². The van der Waals surface area contributed by atoms with Gasteiger partial charge in [0, 0.05) is 32.2 Å². The van der Waals surface area contributed by atoms with E-state index < -0.39 is 11.2 Å². The van der Waals surface area contributed by atoms with Gasteiger partial charge in [-0.15, -0.1) is 0 Å². The van der Waals surface area contributed by atoms with Gasteiger partial charge in [-0.25, -0.2) is 9.38 Å². The molecular formula is C26H29FN4O2S. The van der Waals surface area contributed by atoms with Crippen molar-refractivity contribution in [3.63, 3.8) is 0 Å². The van der Waals surface area contributed by atoms with Crippen molar-refractivity contribution in [1.82, 2.24) is 10.2 Å².